The van der Waals surface area contributed by atoms with Crippen molar-refractivity contribution in [1.29, 1.82) is 0 Å². The van der Waals surface area contributed by atoms with Crippen molar-refractivity contribution in [2.45, 2.75) is 25.4 Å². The van der Waals surface area contributed by atoms with Crippen molar-refractivity contribution in [2.75, 3.05) is 24.8 Å². The second kappa shape index (κ2) is 5.90. The maximum absolute atomic E-state index is 12.2. The maximum Gasteiger partial charge on any atom is 0.321 e. The van der Waals surface area contributed by atoms with Crippen LogP contribution in [-0.4, -0.2) is 40.7 Å². The molecule has 1 aromatic carbocycles. The molecule has 2 amide bonds. The summed E-state index contributed by atoms with van der Waals surface area (Å²) in [6.45, 7) is 6.13. The largest absolute Gasteiger partial charge is 0.321 e. The molecule has 0 atom stereocenters. The van der Waals surface area contributed by atoms with Crippen molar-refractivity contribution in [3.8, 4) is 0 Å². The number of amides is 2. The van der Waals surface area contributed by atoms with Gasteiger partial charge in [0.15, 0.2) is 0 Å². The molecule has 0 saturated carbocycles. The molecule has 0 unspecified atom stereocenters. The minimum Gasteiger partial charge on any atom is -0.314 e. The number of aryl methyl sites for hydroxylation is 2. The van der Waals surface area contributed by atoms with Gasteiger partial charge in [-0.3, -0.25) is 0 Å². The van der Waals surface area contributed by atoms with Crippen LogP contribution in [0.25, 0.3) is 0 Å². The molecule has 4 bridgehead atoms. The quantitative estimate of drug-likeness (QED) is 0.733. The Kier molecular flexibility index (Phi) is 4.17. The fourth-order valence-corrected chi connectivity index (χ4v) is 4.83. The number of rotatable bonds is 0. The first kappa shape index (κ1) is 14.1. The molecule has 5 heteroatoms. The lowest BCUT2D eigenvalue weighted by Gasteiger charge is -2.20. The molecule has 1 saturated heterocycles. The summed E-state index contributed by atoms with van der Waals surface area (Å²) in [6, 6.07) is 4.88. The Bertz CT molecular complexity index is 492. The van der Waals surface area contributed by atoms with E-state index in [2.05, 4.69) is 26.0 Å². The smallest absolute Gasteiger partial charge is 0.314 e. The van der Waals surface area contributed by atoms with E-state index in [-0.39, 0.29) is 6.03 Å². The van der Waals surface area contributed by atoms with Gasteiger partial charge in [0.05, 0.1) is 11.8 Å². The van der Waals surface area contributed by atoms with Gasteiger partial charge in [0.2, 0.25) is 0 Å². The highest BCUT2D eigenvalue weighted by Crippen LogP contribution is 2.27. The lowest BCUT2D eigenvalue weighted by molar-refractivity contribution is 0.203. The fourth-order valence-electron chi connectivity index (χ4n) is 2.66. The predicted octanol–water partition coefficient (Wildman–Crippen LogP) is 3.44. The molecule has 1 fully saturated rings. The molecule has 2 aliphatic heterocycles. The van der Waals surface area contributed by atoms with Gasteiger partial charge in [-0.25, -0.2) is 4.79 Å². The third-order valence-corrected chi connectivity index (χ3v) is 6.00. The third kappa shape index (κ3) is 2.79. The number of fused-ring (bicyclic) bond motifs is 4. The van der Waals surface area contributed by atoms with E-state index in [1.807, 2.05) is 33.3 Å². The van der Waals surface area contributed by atoms with Crippen LogP contribution in [0.4, 0.5) is 4.79 Å². The number of nitrogens with zero attached hydrogens (tertiary/aromatic N) is 2. The first-order chi connectivity index (χ1) is 9.65. The van der Waals surface area contributed by atoms with E-state index in [9.17, 15) is 4.79 Å². The molecule has 20 heavy (non-hydrogen) atoms. The van der Waals surface area contributed by atoms with Crippen LogP contribution >= 0.6 is 23.5 Å². The first-order valence-electron chi connectivity index (χ1n) is 6.93. The predicted molar refractivity (Wildman–Crippen MR) is 87.0 cm³/mol. The Morgan fingerprint density at radius 2 is 1.40 bits per heavy atom. The minimum atomic E-state index is 0.211. The van der Waals surface area contributed by atoms with E-state index < -0.39 is 0 Å². The summed E-state index contributed by atoms with van der Waals surface area (Å²) in [4.78, 5) is 16.1. The second-order valence-corrected chi connectivity index (χ2v) is 7.38. The summed E-state index contributed by atoms with van der Waals surface area (Å²) in [5.41, 5.74) is 5.57. The van der Waals surface area contributed by atoms with Crippen molar-refractivity contribution in [3.05, 3.63) is 34.4 Å². The van der Waals surface area contributed by atoms with Crippen molar-refractivity contribution in [1.82, 2.24) is 9.80 Å². The molecule has 1 aromatic rings. The number of carbonyl (C=O) groups excluding carboxylic acids is 1. The zero-order valence-corrected chi connectivity index (χ0v) is 13.6. The van der Waals surface area contributed by atoms with Gasteiger partial charge in [-0.1, -0.05) is 12.1 Å². The highest BCUT2D eigenvalue weighted by molar-refractivity contribution is 7.98. The molecule has 0 radical (unpaired) electrons. The Morgan fingerprint density at radius 3 is 1.90 bits per heavy atom. The number of hydrogen-bond acceptors (Lipinski definition) is 3. The van der Waals surface area contributed by atoms with Crippen molar-refractivity contribution < 1.29 is 4.79 Å². The number of thioether (sulfide) groups is 2. The van der Waals surface area contributed by atoms with Gasteiger partial charge in [-0.2, -0.15) is 0 Å². The van der Waals surface area contributed by atoms with Gasteiger partial charge in [0.1, 0.15) is 0 Å². The van der Waals surface area contributed by atoms with Crippen LogP contribution in [0.1, 0.15) is 22.3 Å². The molecule has 0 aromatic heterocycles. The van der Waals surface area contributed by atoms with Crippen LogP contribution in [0.5, 0.6) is 0 Å². The Balaban J connectivity index is 1.84. The third-order valence-electron chi connectivity index (χ3n) is 3.98. The van der Waals surface area contributed by atoms with Gasteiger partial charge in [-0.15, -0.1) is 23.5 Å². The van der Waals surface area contributed by atoms with Crippen LogP contribution < -0.4 is 0 Å². The van der Waals surface area contributed by atoms with E-state index >= 15 is 0 Å². The summed E-state index contributed by atoms with van der Waals surface area (Å²) in [5.74, 6) is 3.60. The molecule has 2 aliphatic rings. The zero-order valence-electron chi connectivity index (χ0n) is 12.0. The van der Waals surface area contributed by atoms with Crippen LogP contribution in [0.3, 0.4) is 0 Å². The fraction of sp³-hybridized carbons (Fsp3) is 0.533. The minimum absolute atomic E-state index is 0.211. The number of carbonyl (C=O) groups is 1. The summed E-state index contributed by atoms with van der Waals surface area (Å²) in [5, 5.41) is 0. The molecule has 0 N–H and O–H groups in total. The van der Waals surface area contributed by atoms with Crippen molar-refractivity contribution in [3.63, 3.8) is 0 Å². The van der Waals surface area contributed by atoms with Crippen LogP contribution in [0.2, 0.25) is 0 Å². The zero-order chi connectivity index (χ0) is 14.1. The summed E-state index contributed by atoms with van der Waals surface area (Å²) in [7, 11) is 0. The van der Waals surface area contributed by atoms with Crippen molar-refractivity contribution in [2.24, 2.45) is 0 Å². The average Bonchev–Trinajstić information content (AvgIpc) is 2.75. The molecule has 0 spiro atoms. The Morgan fingerprint density at radius 1 is 0.900 bits per heavy atom. The Labute approximate surface area is 129 Å². The standard InChI is InChI=1S/C15H20N2OS2/c1-11-5-12(2)14-6-13(11)7-19-9-16-3-4-17(15(16)18)10-20-8-14/h5-6H,3-4,7-10H2,1-2H3. The number of benzene rings is 1. The Hall–Kier alpha value is -0.810. The lowest BCUT2D eigenvalue weighted by Crippen LogP contribution is -2.31. The lowest BCUT2D eigenvalue weighted by atomic mass is 10.0. The monoisotopic (exact) mass is 308 g/mol. The van der Waals surface area contributed by atoms with Crippen molar-refractivity contribution >= 4 is 29.6 Å². The van der Waals surface area contributed by atoms with E-state index in [1.54, 1.807) is 0 Å². The molecule has 2 heterocycles. The summed E-state index contributed by atoms with van der Waals surface area (Å²) >= 11 is 3.69. The highest BCUT2D eigenvalue weighted by Gasteiger charge is 2.28. The number of urea groups is 1. The molecule has 0 aliphatic carbocycles. The van der Waals surface area contributed by atoms with Gasteiger partial charge in [-0.05, 0) is 36.1 Å². The maximum atomic E-state index is 12.2. The average molecular weight is 308 g/mol. The van der Waals surface area contributed by atoms with Gasteiger partial charge >= 0.3 is 6.03 Å². The highest BCUT2D eigenvalue weighted by atomic mass is 32.2. The molecule has 108 valence electrons. The molecular weight excluding hydrogens is 288 g/mol. The summed E-state index contributed by atoms with van der Waals surface area (Å²) < 4.78 is 0. The van der Waals surface area contributed by atoms with Crippen LogP contribution in [-0.2, 0) is 11.5 Å². The first-order valence-corrected chi connectivity index (χ1v) is 9.24. The number of hydrogen-bond donors (Lipinski definition) is 0. The topological polar surface area (TPSA) is 23.6 Å². The van der Waals surface area contributed by atoms with Gasteiger partial charge in [0, 0.05) is 24.6 Å². The normalized spacial score (nSPS) is 19.8. The van der Waals surface area contributed by atoms with Crippen LogP contribution in [0, 0.1) is 13.8 Å². The van der Waals surface area contributed by atoms with Gasteiger partial charge < -0.3 is 9.80 Å². The van der Waals surface area contributed by atoms with Crippen LogP contribution in [0.15, 0.2) is 12.1 Å². The van der Waals surface area contributed by atoms with E-state index in [1.165, 1.54) is 22.3 Å². The summed E-state index contributed by atoms with van der Waals surface area (Å²) in [6.07, 6.45) is 0. The van der Waals surface area contributed by atoms with E-state index in [0.29, 0.717) is 0 Å². The van der Waals surface area contributed by atoms with E-state index in [4.69, 9.17) is 0 Å². The molecule has 3 nitrogen and oxygen atoms in total. The second-order valence-electron chi connectivity index (χ2n) is 5.47. The molecular formula is C15H20N2OS2. The van der Waals surface area contributed by atoms with E-state index in [0.717, 1.165) is 36.3 Å². The SMILES string of the molecule is Cc1cc(C)c2cc1CSCN1CCN(CSC2)C1=O. The van der Waals surface area contributed by atoms with Gasteiger partial charge in [0.25, 0.3) is 0 Å². The molecule has 3 rings (SSSR count).